The van der Waals surface area contributed by atoms with Gasteiger partial charge >= 0.3 is 0 Å². The molecule has 0 atom stereocenters. The van der Waals surface area contributed by atoms with Crippen molar-refractivity contribution < 1.29 is 4.79 Å². The van der Waals surface area contributed by atoms with Gasteiger partial charge < -0.3 is 9.80 Å². The number of nitrogens with zero attached hydrogens (tertiary/aromatic N) is 8. The number of amides is 1. The molecule has 0 aliphatic carbocycles. The first-order valence-electron chi connectivity index (χ1n) is 9.11. The van der Waals surface area contributed by atoms with Crippen LogP contribution in [0.15, 0.2) is 18.6 Å². The lowest BCUT2D eigenvalue weighted by molar-refractivity contribution is 0.0709. The van der Waals surface area contributed by atoms with Crippen LogP contribution in [0, 0.1) is 6.92 Å². The second kappa shape index (κ2) is 6.64. The molecule has 0 bridgehead atoms. The van der Waals surface area contributed by atoms with Crippen LogP contribution in [0.4, 0.5) is 5.82 Å². The van der Waals surface area contributed by atoms with E-state index in [1.165, 1.54) is 0 Å². The molecule has 1 saturated heterocycles. The van der Waals surface area contributed by atoms with Crippen LogP contribution in [0.3, 0.4) is 0 Å². The summed E-state index contributed by atoms with van der Waals surface area (Å²) >= 11 is 0. The van der Waals surface area contributed by atoms with Gasteiger partial charge in [0.05, 0.1) is 23.3 Å². The quantitative estimate of drug-likeness (QED) is 0.689. The van der Waals surface area contributed by atoms with E-state index in [4.69, 9.17) is 0 Å². The van der Waals surface area contributed by atoms with E-state index in [1.54, 1.807) is 21.8 Å². The fourth-order valence-corrected chi connectivity index (χ4v) is 3.72. The molecule has 4 heterocycles. The van der Waals surface area contributed by atoms with Crippen LogP contribution in [0.2, 0.25) is 0 Å². The Morgan fingerprint density at radius 1 is 1.15 bits per heavy atom. The summed E-state index contributed by atoms with van der Waals surface area (Å²) in [6.07, 6.45) is 7.00. The van der Waals surface area contributed by atoms with Gasteiger partial charge in [0.1, 0.15) is 11.6 Å². The third-order valence-corrected chi connectivity index (χ3v) is 5.27. The highest BCUT2D eigenvalue weighted by Gasteiger charge is 2.28. The molecule has 0 radical (unpaired) electrons. The summed E-state index contributed by atoms with van der Waals surface area (Å²) in [7, 11) is 5.59. The van der Waals surface area contributed by atoms with Gasteiger partial charge in [0.15, 0.2) is 5.65 Å². The first kappa shape index (κ1) is 17.4. The molecule has 0 unspecified atom stereocenters. The highest BCUT2D eigenvalue weighted by atomic mass is 16.2. The van der Waals surface area contributed by atoms with Gasteiger partial charge in [0.25, 0.3) is 5.91 Å². The summed E-state index contributed by atoms with van der Waals surface area (Å²) in [4.78, 5) is 25.9. The van der Waals surface area contributed by atoms with Crippen LogP contribution >= 0.6 is 0 Å². The van der Waals surface area contributed by atoms with Crippen molar-refractivity contribution in [1.82, 2.24) is 34.4 Å². The topological polar surface area (TPSA) is 85.0 Å². The first-order chi connectivity index (χ1) is 12.9. The average molecular weight is 368 g/mol. The number of fused-ring (bicyclic) bond motifs is 1. The summed E-state index contributed by atoms with van der Waals surface area (Å²) in [5.74, 6) is 1.70. The molecule has 4 rings (SSSR count). The van der Waals surface area contributed by atoms with Gasteiger partial charge in [0, 0.05) is 46.5 Å². The Hall–Kier alpha value is -2.97. The summed E-state index contributed by atoms with van der Waals surface area (Å²) in [6, 6.07) is 0.210. The zero-order valence-electron chi connectivity index (χ0n) is 16.1. The monoisotopic (exact) mass is 368 g/mol. The van der Waals surface area contributed by atoms with Crippen LogP contribution in [0.5, 0.6) is 0 Å². The Morgan fingerprint density at radius 2 is 1.89 bits per heavy atom. The maximum atomic E-state index is 12.7. The predicted molar refractivity (Wildman–Crippen MR) is 102 cm³/mol. The van der Waals surface area contributed by atoms with Gasteiger partial charge in [0.2, 0.25) is 0 Å². The largest absolute Gasteiger partial charge is 0.356 e. The summed E-state index contributed by atoms with van der Waals surface area (Å²) < 4.78 is 3.43. The Morgan fingerprint density at radius 3 is 2.56 bits per heavy atom. The van der Waals surface area contributed by atoms with Crippen molar-refractivity contribution in [3.63, 3.8) is 0 Å². The second-order valence-electron chi connectivity index (χ2n) is 7.14. The van der Waals surface area contributed by atoms with E-state index in [2.05, 4.69) is 25.1 Å². The molecule has 1 aliphatic rings. The maximum absolute atomic E-state index is 12.7. The SMILES string of the molecule is Cc1nc(N2CCC(N(C)C(=O)c3cnn(C)c3)CC2)c2cnn(C)c2n1. The zero-order valence-corrected chi connectivity index (χ0v) is 16.1. The van der Waals surface area contributed by atoms with E-state index in [0.29, 0.717) is 5.56 Å². The molecule has 0 N–H and O–H groups in total. The first-order valence-corrected chi connectivity index (χ1v) is 9.11. The van der Waals surface area contributed by atoms with Crippen molar-refractivity contribution in [3.8, 4) is 0 Å². The minimum absolute atomic E-state index is 0.0223. The van der Waals surface area contributed by atoms with Gasteiger partial charge in [-0.25, -0.2) is 9.97 Å². The summed E-state index contributed by atoms with van der Waals surface area (Å²) in [5.41, 5.74) is 1.48. The molecule has 0 spiro atoms. The Kier molecular flexibility index (Phi) is 4.29. The predicted octanol–water partition coefficient (Wildman–Crippen LogP) is 1.15. The normalized spacial score (nSPS) is 15.5. The number of anilines is 1. The number of rotatable bonds is 3. The molecule has 0 saturated carbocycles. The molecule has 1 amide bonds. The molecular formula is C18H24N8O. The van der Waals surface area contributed by atoms with Crippen molar-refractivity contribution in [2.75, 3.05) is 25.0 Å². The Labute approximate surface area is 157 Å². The third kappa shape index (κ3) is 3.13. The van der Waals surface area contributed by atoms with Crippen molar-refractivity contribution >= 4 is 22.8 Å². The number of aryl methyl sites for hydroxylation is 3. The maximum Gasteiger partial charge on any atom is 0.257 e. The van der Waals surface area contributed by atoms with Crippen LogP contribution in [-0.2, 0) is 14.1 Å². The highest BCUT2D eigenvalue weighted by molar-refractivity contribution is 5.93. The van der Waals surface area contributed by atoms with Gasteiger partial charge in [-0.1, -0.05) is 0 Å². The number of piperidine rings is 1. The number of hydrogen-bond acceptors (Lipinski definition) is 6. The standard InChI is InChI=1S/C18H24N8O/c1-12-21-16-15(10-20-25(16)4)17(22-12)26-7-5-14(6-8-26)24(3)18(27)13-9-19-23(2)11-13/h9-11,14H,5-8H2,1-4H3. The molecule has 142 valence electrons. The average Bonchev–Trinajstić information content (AvgIpc) is 3.26. The number of carbonyl (C=O) groups excluding carboxylic acids is 1. The van der Waals surface area contributed by atoms with Crippen molar-refractivity contribution in [2.24, 2.45) is 14.1 Å². The molecule has 1 aliphatic heterocycles. The molecule has 3 aromatic rings. The van der Waals surface area contributed by atoms with Crippen LogP contribution in [0.1, 0.15) is 29.0 Å². The van der Waals surface area contributed by atoms with Crippen molar-refractivity contribution in [3.05, 3.63) is 30.0 Å². The smallest absolute Gasteiger partial charge is 0.257 e. The lowest BCUT2D eigenvalue weighted by Gasteiger charge is -2.37. The van der Waals surface area contributed by atoms with E-state index in [1.807, 2.05) is 39.2 Å². The highest BCUT2D eigenvalue weighted by Crippen LogP contribution is 2.27. The summed E-state index contributed by atoms with van der Waals surface area (Å²) in [5, 5.41) is 9.39. The van der Waals surface area contributed by atoms with E-state index in [-0.39, 0.29) is 11.9 Å². The second-order valence-corrected chi connectivity index (χ2v) is 7.14. The molecule has 1 fully saturated rings. The minimum Gasteiger partial charge on any atom is -0.356 e. The van der Waals surface area contributed by atoms with Crippen LogP contribution in [0.25, 0.3) is 11.0 Å². The van der Waals surface area contributed by atoms with Gasteiger partial charge in [-0.15, -0.1) is 0 Å². The van der Waals surface area contributed by atoms with Crippen LogP contribution < -0.4 is 4.90 Å². The van der Waals surface area contributed by atoms with Gasteiger partial charge in [-0.2, -0.15) is 10.2 Å². The van der Waals surface area contributed by atoms with Crippen molar-refractivity contribution in [1.29, 1.82) is 0 Å². The van der Waals surface area contributed by atoms with Crippen molar-refractivity contribution in [2.45, 2.75) is 25.8 Å². The molecule has 0 aromatic carbocycles. The lowest BCUT2D eigenvalue weighted by atomic mass is 10.0. The fraction of sp³-hybridized carbons (Fsp3) is 0.500. The zero-order chi connectivity index (χ0) is 19.1. The lowest BCUT2D eigenvalue weighted by Crippen LogP contribution is -2.46. The molecule has 9 heteroatoms. The van der Waals surface area contributed by atoms with E-state index >= 15 is 0 Å². The number of hydrogen-bond donors (Lipinski definition) is 0. The fourth-order valence-electron chi connectivity index (χ4n) is 3.72. The van der Waals surface area contributed by atoms with Gasteiger partial charge in [-0.3, -0.25) is 14.2 Å². The Bertz CT molecular complexity index is 983. The van der Waals surface area contributed by atoms with E-state index in [0.717, 1.165) is 48.6 Å². The minimum atomic E-state index is 0.0223. The number of carbonyl (C=O) groups is 1. The molecular weight excluding hydrogens is 344 g/mol. The molecule has 9 nitrogen and oxygen atoms in total. The number of aromatic nitrogens is 6. The molecule has 27 heavy (non-hydrogen) atoms. The van der Waals surface area contributed by atoms with Crippen LogP contribution in [-0.4, -0.2) is 66.5 Å². The molecule has 3 aromatic heterocycles. The third-order valence-electron chi connectivity index (χ3n) is 5.27. The Balaban J connectivity index is 1.48. The summed E-state index contributed by atoms with van der Waals surface area (Å²) in [6.45, 7) is 3.59. The van der Waals surface area contributed by atoms with E-state index in [9.17, 15) is 4.79 Å². The van der Waals surface area contributed by atoms with Gasteiger partial charge in [-0.05, 0) is 19.8 Å². The van der Waals surface area contributed by atoms with E-state index < -0.39 is 0 Å².